The van der Waals surface area contributed by atoms with Crippen molar-refractivity contribution in [3.8, 4) is 5.75 Å². The Morgan fingerprint density at radius 1 is 0.921 bits per heavy atom. The Hall–Kier alpha value is -3.32. The Labute approximate surface area is 218 Å². The van der Waals surface area contributed by atoms with E-state index in [2.05, 4.69) is 0 Å². The zero-order valence-electron chi connectivity index (χ0n) is 20.3. The van der Waals surface area contributed by atoms with Crippen LogP contribution in [0.4, 0.5) is 0 Å². The fourth-order valence-corrected chi connectivity index (χ4v) is 4.14. The van der Waals surface area contributed by atoms with Crippen molar-refractivity contribution in [3.05, 3.63) is 77.9 Å². The molecule has 38 heavy (non-hydrogen) atoms. The first-order valence-electron chi connectivity index (χ1n) is 12.1. The van der Waals surface area contributed by atoms with Crippen molar-refractivity contribution < 1.29 is 54.1 Å². The van der Waals surface area contributed by atoms with Gasteiger partial charge < -0.3 is 44.5 Å². The normalized spacial score (nSPS) is 30.9. The molecule has 1 saturated heterocycles. The minimum Gasteiger partial charge on any atom is -0.462 e. The lowest BCUT2D eigenvalue weighted by Gasteiger charge is -2.40. The number of aliphatic hydroxyl groups is 5. The maximum atomic E-state index is 12.5. The standard InChI is InChI=1S/C27H30O11/c28-20-12-6-7-13-27(20,34)26(33)36-14-17-10-4-5-11-18(17)37-25-23(31)22(30)21(29)19(38-25)15-35-24(32)16-8-2-1-3-9-16/h1-5,7-11,13,19-23,25,28-31,34H,6,12,14-15H2. The summed E-state index contributed by atoms with van der Waals surface area (Å²) in [5, 5.41) is 51.8. The molecule has 0 saturated carbocycles. The molecule has 7 unspecified atom stereocenters. The minimum atomic E-state index is -2.17. The van der Waals surface area contributed by atoms with Gasteiger partial charge in [-0.1, -0.05) is 42.5 Å². The third-order valence-electron chi connectivity index (χ3n) is 6.44. The summed E-state index contributed by atoms with van der Waals surface area (Å²) >= 11 is 0. The summed E-state index contributed by atoms with van der Waals surface area (Å²) in [4.78, 5) is 24.8. The van der Waals surface area contributed by atoms with Crippen LogP contribution in [-0.2, 0) is 25.6 Å². The largest absolute Gasteiger partial charge is 0.462 e. The van der Waals surface area contributed by atoms with Crippen molar-refractivity contribution >= 4 is 11.9 Å². The van der Waals surface area contributed by atoms with Crippen LogP contribution in [0.5, 0.6) is 5.75 Å². The van der Waals surface area contributed by atoms with Gasteiger partial charge in [0.25, 0.3) is 0 Å². The van der Waals surface area contributed by atoms with Crippen molar-refractivity contribution in [1.82, 2.24) is 0 Å². The van der Waals surface area contributed by atoms with E-state index in [1.165, 1.54) is 12.1 Å². The second kappa shape index (κ2) is 12.0. The molecule has 0 spiro atoms. The van der Waals surface area contributed by atoms with Crippen LogP contribution in [0.3, 0.4) is 0 Å². The number of aliphatic hydroxyl groups excluding tert-OH is 4. The molecule has 1 heterocycles. The highest BCUT2D eigenvalue weighted by molar-refractivity contribution is 5.89. The van der Waals surface area contributed by atoms with E-state index in [0.29, 0.717) is 12.0 Å². The van der Waals surface area contributed by atoms with Crippen LogP contribution in [0, 0.1) is 0 Å². The zero-order valence-corrected chi connectivity index (χ0v) is 20.3. The second-order valence-corrected chi connectivity index (χ2v) is 9.10. The van der Waals surface area contributed by atoms with Gasteiger partial charge in [-0.25, -0.2) is 9.59 Å². The molecular weight excluding hydrogens is 500 g/mol. The van der Waals surface area contributed by atoms with Crippen LogP contribution in [0.25, 0.3) is 0 Å². The Balaban J connectivity index is 1.41. The molecule has 7 atom stereocenters. The number of allylic oxidation sites excluding steroid dienone is 1. The lowest BCUT2D eigenvalue weighted by molar-refractivity contribution is -0.277. The Morgan fingerprint density at radius 2 is 1.63 bits per heavy atom. The van der Waals surface area contributed by atoms with Crippen molar-refractivity contribution in [2.75, 3.05) is 6.61 Å². The molecule has 2 aromatic carbocycles. The minimum absolute atomic E-state index is 0.125. The van der Waals surface area contributed by atoms with Crippen LogP contribution >= 0.6 is 0 Å². The summed E-state index contributed by atoms with van der Waals surface area (Å²) in [5.41, 5.74) is -1.54. The predicted octanol–water partition coefficient (Wildman–Crippen LogP) is 0.215. The molecule has 204 valence electrons. The molecule has 5 N–H and O–H groups in total. The first kappa shape index (κ1) is 27.7. The number of hydrogen-bond donors (Lipinski definition) is 5. The summed E-state index contributed by atoms with van der Waals surface area (Å²) in [6.07, 6.45) is -5.40. The summed E-state index contributed by atoms with van der Waals surface area (Å²) in [6.45, 7) is -0.768. The van der Waals surface area contributed by atoms with Crippen molar-refractivity contribution in [1.29, 1.82) is 0 Å². The molecule has 11 nitrogen and oxygen atoms in total. The summed E-state index contributed by atoms with van der Waals surface area (Å²) in [6, 6.07) is 14.5. The number of esters is 2. The number of para-hydroxylation sites is 1. The molecule has 4 rings (SSSR count). The number of carbonyl (C=O) groups excluding carboxylic acids is 2. The zero-order chi connectivity index (χ0) is 27.3. The summed E-state index contributed by atoms with van der Waals surface area (Å²) < 4.78 is 21.8. The van der Waals surface area contributed by atoms with Crippen molar-refractivity contribution in [3.63, 3.8) is 0 Å². The molecule has 2 aliphatic rings. The van der Waals surface area contributed by atoms with Gasteiger partial charge in [-0.3, -0.25) is 0 Å². The van der Waals surface area contributed by atoms with E-state index in [4.69, 9.17) is 18.9 Å². The Kier molecular flexibility index (Phi) is 8.77. The highest BCUT2D eigenvalue weighted by atomic mass is 16.7. The average molecular weight is 531 g/mol. The second-order valence-electron chi connectivity index (χ2n) is 9.10. The van der Waals surface area contributed by atoms with Gasteiger partial charge in [-0.2, -0.15) is 0 Å². The van der Waals surface area contributed by atoms with Gasteiger partial charge in [-0.05, 0) is 37.1 Å². The third-order valence-corrected chi connectivity index (χ3v) is 6.44. The van der Waals surface area contributed by atoms with Gasteiger partial charge in [0, 0.05) is 5.56 Å². The van der Waals surface area contributed by atoms with Gasteiger partial charge in [0.15, 0.2) is 0 Å². The number of carbonyl (C=O) groups is 2. The molecule has 0 aromatic heterocycles. The number of benzene rings is 2. The first-order chi connectivity index (χ1) is 18.2. The van der Waals surface area contributed by atoms with Crippen LogP contribution < -0.4 is 4.74 Å². The van der Waals surface area contributed by atoms with E-state index in [9.17, 15) is 35.1 Å². The molecule has 0 bridgehead atoms. The molecular formula is C27H30O11. The number of hydrogen-bond acceptors (Lipinski definition) is 11. The molecule has 0 radical (unpaired) electrons. The van der Waals surface area contributed by atoms with E-state index < -0.39 is 61.0 Å². The lowest BCUT2D eigenvalue weighted by atomic mass is 9.88. The monoisotopic (exact) mass is 530 g/mol. The highest BCUT2D eigenvalue weighted by Crippen LogP contribution is 2.29. The molecule has 0 amide bonds. The number of rotatable bonds is 8. The van der Waals surface area contributed by atoms with Gasteiger partial charge in [0.1, 0.15) is 43.4 Å². The SMILES string of the molecule is O=C(OCC1OC(Oc2ccccc2COC(=O)C2(O)C=CCCC2O)C(O)C(O)C1O)c1ccccc1. The van der Waals surface area contributed by atoms with Crippen LogP contribution in [0.2, 0.25) is 0 Å². The fourth-order valence-electron chi connectivity index (χ4n) is 4.14. The van der Waals surface area contributed by atoms with Crippen LogP contribution in [-0.4, -0.2) is 86.5 Å². The van der Waals surface area contributed by atoms with E-state index >= 15 is 0 Å². The van der Waals surface area contributed by atoms with Crippen LogP contribution in [0.15, 0.2) is 66.7 Å². The van der Waals surface area contributed by atoms with E-state index in [1.54, 1.807) is 54.6 Å². The molecule has 2 aromatic rings. The summed E-state index contributed by atoms with van der Waals surface area (Å²) in [5.74, 6) is -1.57. The first-order valence-corrected chi connectivity index (χ1v) is 12.1. The van der Waals surface area contributed by atoms with Gasteiger partial charge >= 0.3 is 11.9 Å². The highest BCUT2D eigenvalue weighted by Gasteiger charge is 2.46. The smallest absolute Gasteiger partial charge is 0.345 e. The number of ether oxygens (including phenoxy) is 4. The molecule has 1 aliphatic carbocycles. The molecule has 1 fully saturated rings. The van der Waals surface area contributed by atoms with Crippen molar-refractivity contribution in [2.24, 2.45) is 0 Å². The third kappa shape index (κ3) is 6.04. The van der Waals surface area contributed by atoms with Crippen LogP contribution in [0.1, 0.15) is 28.8 Å². The average Bonchev–Trinajstić information content (AvgIpc) is 2.93. The molecule has 11 heteroatoms. The van der Waals surface area contributed by atoms with E-state index in [0.717, 1.165) is 0 Å². The predicted molar refractivity (Wildman–Crippen MR) is 130 cm³/mol. The van der Waals surface area contributed by atoms with E-state index in [1.807, 2.05) is 0 Å². The Morgan fingerprint density at radius 3 is 2.37 bits per heavy atom. The van der Waals surface area contributed by atoms with Gasteiger partial charge in [-0.15, -0.1) is 0 Å². The fraction of sp³-hybridized carbons (Fsp3) is 0.407. The van der Waals surface area contributed by atoms with Gasteiger partial charge in [0.05, 0.1) is 11.7 Å². The maximum Gasteiger partial charge on any atom is 0.345 e. The summed E-state index contributed by atoms with van der Waals surface area (Å²) in [7, 11) is 0. The quantitative estimate of drug-likeness (QED) is 0.233. The van der Waals surface area contributed by atoms with Crippen molar-refractivity contribution in [2.45, 2.75) is 61.9 Å². The topological polar surface area (TPSA) is 172 Å². The van der Waals surface area contributed by atoms with Gasteiger partial charge in [0.2, 0.25) is 11.9 Å². The maximum absolute atomic E-state index is 12.5. The molecule has 1 aliphatic heterocycles. The Bertz CT molecular complexity index is 1140. The lowest BCUT2D eigenvalue weighted by Crippen LogP contribution is -2.60. The van der Waals surface area contributed by atoms with E-state index in [-0.39, 0.29) is 24.3 Å².